The quantitative estimate of drug-likeness (QED) is 0.855. The van der Waals surface area contributed by atoms with Gasteiger partial charge < -0.3 is 10.4 Å². The zero-order valence-corrected chi connectivity index (χ0v) is 12.2. The molecule has 0 saturated carbocycles. The highest BCUT2D eigenvalue weighted by atomic mass is 32.2. The van der Waals surface area contributed by atoms with Gasteiger partial charge in [-0.05, 0) is 36.9 Å². The standard InChI is InChI=1S/C15H18N2O2S/c1-20-10-13(6-8-18)17-15(19)12-4-5-14-11(9-12)3-2-7-16-14/h2-5,7,9,13,18H,6,8,10H2,1H3,(H,17,19). The molecule has 1 aromatic heterocycles. The van der Waals surface area contributed by atoms with Crippen molar-refractivity contribution in [2.45, 2.75) is 12.5 Å². The van der Waals surface area contributed by atoms with Crippen molar-refractivity contribution in [2.24, 2.45) is 0 Å². The summed E-state index contributed by atoms with van der Waals surface area (Å²) in [4.78, 5) is 16.5. The maximum Gasteiger partial charge on any atom is 0.251 e. The number of aliphatic hydroxyl groups is 1. The average molecular weight is 290 g/mol. The number of benzene rings is 1. The number of carbonyl (C=O) groups is 1. The van der Waals surface area contributed by atoms with Crippen LogP contribution in [-0.2, 0) is 0 Å². The first-order valence-corrected chi connectivity index (χ1v) is 7.89. The van der Waals surface area contributed by atoms with Crippen molar-refractivity contribution in [3.8, 4) is 0 Å². The minimum Gasteiger partial charge on any atom is -0.396 e. The highest BCUT2D eigenvalue weighted by Crippen LogP contribution is 2.13. The summed E-state index contributed by atoms with van der Waals surface area (Å²) >= 11 is 1.65. The van der Waals surface area contributed by atoms with Crippen molar-refractivity contribution in [1.29, 1.82) is 0 Å². The van der Waals surface area contributed by atoms with Gasteiger partial charge in [-0.3, -0.25) is 9.78 Å². The fourth-order valence-electron chi connectivity index (χ4n) is 2.04. The van der Waals surface area contributed by atoms with Crippen LogP contribution in [0.5, 0.6) is 0 Å². The first kappa shape index (κ1) is 14.8. The third-order valence-corrected chi connectivity index (χ3v) is 3.78. The Morgan fingerprint density at radius 3 is 3.05 bits per heavy atom. The van der Waals surface area contributed by atoms with E-state index in [1.54, 1.807) is 24.0 Å². The van der Waals surface area contributed by atoms with E-state index in [9.17, 15) is 4.79 Å². The van der Waals surface area contributed by atoms with Crippen LogP contribution in [-0.4, -0.2) is 40.7 Å². The Morgan fingerprint density at radius 1 is 1.45 bits per heavy atom. The Labute approximate surface area is 122 Å². The maximum atomic E-state index is 12.2. The number of aromatic nitrogens is 1. The largest absolute Gasteiger partial charge is 0.396 e. The smallest absolute Gasteiger partial charge is 0.251 e. The highest BCUT2D eigenvalue weighted by Gasteiger charge is 2.13. The number of amides is 1. The summed E-state index contributed by atoms with van der Waals surface area (Å²) in [5.74, 6) is 0.685. The molecule has 1 heterocycles. The minimum absolute atomic E-state index is 0.00732. The summed E-state index contributed by atoms with van der Waals surface area (Å²) in [6.45, 7) is 0.0765. The van der Waals surface area contributed by atoms with E-state index in [-0.39, 0.29) is 18.6 Å². The van der Waals surface area contributed by atoms with Crippen LogP contribution in [0.1, 0.15) is 16.8 Å². The molecule has 0 aliphatic carbocycles. The molecule has 2 rings (SSSR count). The molecular formula is C15H18N2O2S. The van der Waals surface area contributed by atoms with Crippen LogP contribution in [0.25, 0.3) is 10.9 Å². The van der Waals surface area contributed by atoms with E-state index in [1.807, 2.05) is 30.5 Å². The molecule has 20 heavy (non-hydrogen) atoms. The van der Waals surface area contributed by atoms with Gasteiger partial charge in [0.05, 0.1) is 5.52 Å². The summed E-state index contributed by atoms with van der Waals surface area (Å²) < 4.78 is 0. The third-order valence-electron chi connectivity index (χ3n) is 3.05. The molecule has 5 heteroatoms. The Hall–Kier alpha value is -1.59. The Kier molecular flexibility index (Phi) is 5.38. The van der Waals surface area contributed by atoms with E-state index in [2.05, 4.69) is 10.3 Å². The lowest BCUT2D eigenvalue weighted by Crippen LogP contribution is -2.37. The highest BCUT2D eigenvalue weighted by molar-refractivity contribution is 7.98. The summed E-state index contributed by atoms with van der Waals surface area (Å²) in [7, 11) is 0. The Bertz CT molecular complexity index is 583. The number of fused-ring (bicyclic) bond motifs is 1. The molecule has 0 aliphatic heterocycles. The monoisotopic (exact) mass is 290 g/mol. The molecule has 0 spiro atoms. The van der Waals surface area contributed by atoms with Crippen LogP contribution < -0.4 is 5.32 Å². The molecule has 0 aliphatic rings. The lowest BCUT2D eigenvalue weighted by Gasteiger charge is -2.16. The molecule has 0 saturated heterocycles. The lowest BCUT2D eigenvalue weighted by atomic mass is 10.1. The number of hydrogen-bond acceptors (Lipinski definition) is 4. The van der Waals surface area contributed by atoms with Crippen LogP contribution in [0.3, 0.4) is 0 Å². The molecule has 1 aromatic carbocycles. The maximum absolute atomic E-state index is 12.2. The molecule has 2 aromatic rings. The van der Waals surface area contributed by atoms with E-state index in [0.29, 0.717) is 12.0 Å². The molecule has 1 atom stereocenters. The van der Waals surface area contributed by atoms with Crippen LogP contribution in [0.2, 0.25) is 0 Å². The molecule has 0 bridgehead atoms. The molecule has 106 valence electrons. The zero-order valence-electron chi connectivity index (χ0n) is 11.4. The van der Waals surface area contributed by atoms with Gasteiger partial charge in [-0.25, -0.2) is 0 Å². The molecule has 2 N–H and O–H groups in total. The second-order valence-corrected chi connectivity index (χ2v) is 5.46. The summed E-state index contributed by atoms with van der Waals surface area (Å²) in [6, 6.07) is 9.25. The third kappa shape index (κ3) is 3.71. The molecule has 0 radical (unpaired) electrons. The van der Waals surface area contributed by atoms with E-state index in [4.69, 9.17) is 5.11 Å². The average Bonchev–Trinajstić information content (AvgIpc) is 2.47. The van der Waals surface area contributed by atoms with Crippen LogP contribution in [0.4, 0.5) is 0 Å². The number of aliphatic hydroxyl groups excluding tert-OH is 1. The number of nitrogens with one attached hydrogen (secondary N) is 1. The Morgan fingerprint density at radius 2 is 2.30 bits per heavy atom. The van der Waals surface area contributed by atoms with E-state index >= 15 is 0 Å². The van der Waals surface area contributed by atoms with E-state index < -0.39 is 0 Å². The van der Waals surface area contributed by atoms with Gasteiger partial charge in [0.1, 0.15) is 0 Å². The number of pyridine rings is 1. The van der Waals surface area contributed by atoms with Gasteiger partial charge in [-0.1, -0.05) is 6.07 Å². The van der Waals surface area contributed by atoms with E-state index in [0.717, 1.165) is 16.7 Å². The molecule has 4 nitrogen and oxygen atoms in total. The fourth-order valence-corrected chi connectivity index (χ4v) is 2.69. The first-order chi connectivity index (χ1) is 9.74. The topological polar surface area (TPSA) is 62.2 Å². The van der Waals surface area contributed by atoms with Crippen molar-refractivity contribution < 1.29 is 9.90 Å². The number of carbonyl (C=O) groups excluding carboxylic acids is 1. The van der Waals surface area contributed by atoms with Gasteiger partial charge >= 0.3 is 0 Å². The molecular weight excluding hydrogens is 272 g/mol. The van der Waals surface area contributed by atoms with Gasteiger partial charge in [0.2, 0.25) is 0 Å². The predicted octanol–water partition coefficient (Wildman–Crippen LogP) is 2.08. The van der Waals surface area contributed by atoms with Gasteiger partial charge in [0, 0.05) is 35.5 Å². The van der Waals surface area contributed by atoms with Crippen molar-refractivity contribution in [3.63, 3.8) is 0 Å². The van der Waals surface area contributed by atoms with Crippen molar-refractivity contribution >= 4 is 28.6 Å². The second-order valence-electron chi connectivity index (χ2n) is 4.55. The lowest BCUT2D eigenvalue weighted by molar-refractivity contribution is 0.0935. The van der Waals surface area contributed by atoms with Gasteiger partial charge in [-0.2, -0.15) is 11.8 Å². The molecule has 0 fully saturated rings. The minimum atomic E-state index is -0.108. The zero-order chi connectivity index (χ0) is 14.4. The molecule has 1 amide bonds. The van der Waals surface area contributed by atoms with Gasteiger partial charge in [-0.15, -0.1) is 0 Å². The normalized spacial score (nSPS) is 12.3. The molecule has 1 unspecified atom stereocenters. The summed E-state index contributed by atoms with van der Waals surface area (Å²) in [5.41, 5.74) is 1.50. The number of rotatable bonds is 6. The van der Waals surface area contributed by atoms with Crippen LogP contribution >= 0.6 is 11.8 Å². The SMILES string of the molecule is CSCC(CCO)NC(=O)c1ccc2ncccc2c1. The van der Waals surface area contributed by atoms with E-state index in [1.165, 1.54) is 0 Å². The van der Waals surface area contributed by atoms with Crippen molar-refractivity contribution in [2.75, 3.05) is 18.6 Å². The van der Waals surface area contributed by atoms with Crippen LogP contribution in [0.15, 0.2) is 36.5 Å². The first-order valence-electron chi connectivity index (χ1n) is 6.50. The van der Waals surface area contributed by atoms with Crippen molar-refractivity contribution in [1.82, 2.24) is 10.3 Å². The number of hydrogen-bond donors (Lipinski definition) is 2. The number of thioether (sulfide) groups is 1. The summed E-state index contributed by atoms with van der Waals surface area (Å²) in [6.07, 6.45) is 4.29. The van der Waals surface area contributed by atoms with Crippen molar-refractivity contribution in [3.05, 3.63) is 42.1 Å². The van der Waals surface area contributed by atoms with Gasteiger partial charge in [0.15, 0.2) is 0 Å². The fraction of sp³-hybridized carbons (Fsp3) is 0.333. The summed E-state index contributed by atoms with van der Waals surface area (Å²) in [5, 5.41) is 12.9. The second kappa shape index (κ2) is 7.26. The number of nitrogens with zero attached hydrogens (tertiary/aromatic N) is 1. The van der Waals surface area contributed by atoms with Gasteiger partial charge in [0.25, 0.3) is 5.91 Å². The van der Waals surface area contributed by atoms with Crippen LogP contribution in [0, 0.1) is 0 Å². The predicted molar refractivity (Wildman–Crippen MR) is 83.1 cm³/mol. The Balaban J connectivity index is 2.13.